The van der Waals surface area contributed by atoms with Crippen LogP contribution >= 0.6 is 0 Å². The van der Waals surface area contributed by atoms with Crippen LogP contribution in [0.2, 0.25) is 18.1 Å². The zero-order chi connectivity index (χ0) is 15.2. The van der Waals surface area contributed by atoms with E-state index >= 15 is 0 Å². The molecule has 0 spiro atoms. The van der Waals surface area contributed by atoms with E-state index in [4.69, 9.17) is 14.4 Å². The summed E-state index contributed by atoms with van der Waals surface area (Å²) < 4.78 is 11.5. The molecule has 0 aliphatic carbocycles. The smallest absolute Gasteiger partial charge is 0.233 e. The molecule has 1 rings (SSSR count). The Hall–Kier alpha value is -1.45. The standard InChI is InChI=1S/C14H23N3O2Si/c1-14(2,3)20(4,5)19-10-6-9-18-13-8-7-12(11-15)16-17-13/h7-8H,6,9-10H2,1-5H3. The predicted octanol–water partition coefficient (Wildman–Crippen LogP) is 3.14. The molecule has 1 aromatic rings. The zero-order valence-electron chi connectivity index (χ0n) is 12.9. The molecule has 0 radical (unpaired) electrons. The third-order valence-corrected chi connectivity index (χ3v) is 8.10. The molecule has 0 N–H and O–H groups in total. The van der Waals surface area contributed by atoms with Gasteiger partial charge in [0.2, 0.25) is 5.88 Å². The van der Waals surface area contributed by atoms with E-state index in [1.165, 1.54) is 0 Å². The summed E-state index contributed by atoms with van der Waals surface area (Å²) in [6.07, 6.45) is 0.814. The van der Waals surface area contributed by atoms with Crippen molar-refractivity contribution >= 4 is 8.32 Å². The second-order valence-corrected chi connectivity index (χ2v) is 11.0. The highest BCUT2D eigenvalue weighted by atomic mass is 28.4. The van der Waals surface area contributed by atoms with Crippen LogP contribution in [0.15, 0.2) is 12.1 Å². The zero-order valence-corrected chi connectivity index (χ0v) is 13.9. The monoisotopic (exact) mass is 293 g/mol. The summed E-state index contributed by atoms with van der Waals surface area (Å²) in [5.41, 5.74) is 0.290. The lowest BCUT2D eigenvalue weighted by molar-refractivity contribution is 0.228. The van der Waals surface area contributed by atoms with Crippen LogP contribution in [-0.4, -0.2) is 31.7 Å². The van der Waals surface area contributed by atoms with Crippen molar-refractivity contribution in [3.05, 3.63) is 17.8 Å². The number of ether oxygens (including phenoxy) is 1. The molecule has 0 saturated heterocycles. The third kappa shape index (κ3) is 4.91. The van der Waals surface area contributed by atoms with Gasteiger partial charge in [-0.2, -0.15) is 5.26 Å². The maximum absolute atomic E-state index is 8.61. The minimum absolute atomic E-state index is 0.229. The van der Waals surface area contributed by atoms with Crippen molar-refractivity contribution in [2.24, 2.45) is 0 Å². The van der Waals surface area contributed by atoms with Crippen molar-refractivity contribution in [1.82, 2.24) is 10.2 Å². The van der Waals surface area contributed by atoms with E-state index in [1.54, 1.807) is 12.1 Å². The molecule has 0 aliphatic rings. The molecule has 0 aliphatic heterocycles. The quantitative estimate of drug-likeness (QED) is 0.595. The summed E-state index contributed by atoms with van der Waals surface area (Å²) in [6, 6.07) is 5.16. The molecule has 0 aromatic carbocycles. The maximum Gasteiger partial charge on any atom is 0.233 e. The Balaban J connectivity index is 2.27. The number of hydrogen-bond acceptors (Lipinski definition) is 5. The van der Waals surface area contributed by atoms with Gasteiger partial charge in [0.15, 0.2) is 14.0 Å². The number of nitrogens with zero attached hydrogens (tertiary/aromatic N) is 3. The van der Waals surface area contributed by atoms with Crippen molar-refractivity contribution in [3.8, 4) is 11.9 Å². The van der Waals surface area contributed by atoms with Crippen LogP contribution in [0.5, 0.6) is 5.88 Å². The Bertz CT molecular complexity index is 461. The fraction of sp³-hybridized carbons (Fsp3) is 0.643. The molecular formula is C14H23N3O2Si. The molecule has 5 nitrogen and oxygen atoms in total. The molecule has 6 heteroatoms. The van der Waals surface area contributed by atoms with Crippen LogP contribution in [0.4, 0.5) is 0 Å². The van der Waals surface area contributed by atoms with E-state index in [9.17, 15) is 0 Å². The Morgan fingerprint density at radius 3 is 2.40 bits per heavy atom. The van der Waals surface area contributed by atoms with Crippen molar-refractivity contribution in [2.45, 2.75) is 45.3 Å². The third-order valence-electron chi connectivity index (χ3n) is 3.56. The van der Waals surface area contributed by atoms with Crippen LogP contribution in [0.3, 0.4) is 0 Å². The average molecular weight is 293 g/mol. The van der Waals surface area contributed by atoms with Crippen molar-refractivity contribution in [1.29, 1.82) is 5.26 Å². The Morgan fingerprint density at radius 2 is 1.90 bits per heavy atom. The first-order valence-corrected chi connectivity index (χ1v) is 9.68. The van der Waals surface area contributed by atoms with Crippen LogP contribution in [0.1, 0.15) is 32.9 Å². The first kappa shape index (κ1) is 16.6. The Morgan fingerprint density at radius 1 is 1.20 bits per heavy atom. The van der Waals surface area contributed by atoms with Gasteiger partial charge in [-0.25, -0.2) is 0 Å². The second-order valence-electron chi connectivity index (χ2n) is 6.18. The van der Waals surface area contributed by atoms with Crippen LogP contribution < -0.4 is 4.74 Å². The lowest BCUT2D eigenvalue weighted by Crippen LogP contribution is -2.41. The number of aromatic nitrogens is 2. The Kier molecular flexibility index (Phi) is 5.66. The van der Waals surface area contributed by atoms with E-state index in [0.717, 1.165) is 6.42 Å². The van der Waals surface area contributed by atoms with Crippen molar-refractivity contribution in [3.63, 3.8) is 0 Å². The van der Waals surface area contributed by atoms with Gasteiger partial charge in [-0.05, 0) is 24.2 Å². The molecule has 0 amide bonds. The van der Waals surface area contributed by atoms with Gasteiger partial charge >= 0.3 is 0 Å². The minimum atomic E-state index is -1.67. The number of hydrogen-bond donors (Lipinski definition) is 0. The van der Waals surface area contributed by atoms with E-state index in [1.807, 2.05) is 6.07 Å². The van der Waals surface area contributed by atoms with Crippen molar-refractivity contribution < 1.29 is 9.16 Å². The molecule has 20 heavy (non-hydrogen) atoms. The van der Waals surface area contributed by atoms with Gasteiger partial charge in [0, 0.05) is 19.1 Å². The maximum atomic E-state index is 8.61. The SMILES string of the molecule is CC(C)(C)[Si](C)(C)OCCCOc1ccc(C#N)nn1. The summed E-state index contributed by atoms with van der Waals surface area (Å²) in [5, 5.41) is 16.4. The van der Waals surface area contributed by atoms with Crippen LogP contribution in [0, 0.1) is 11.3 Å². The van der Waals surface area contributed by atoms with E-state index < -0.39 is 8.32 Å². The molecule has 0 unspecified atom stereocenters. The largest absolute Gasteiger partial charge is 0.477 e. The van der Waals surface area contributed by atoms with Crippen molar-refractivity contribution in [2.75, 3.05) is 13.2 Å². The molecule has 0 saturated carbocycles. The highest BCUT2D eigenvalue weighted by Crippen LogP contribution is 2.36. The van der Waals surface area contributed by atoms with Gasteiger partial charge in [0.25, 0.3) is 0 Å². The molecule has 0 atom stereocenters. The normalized spacial score (nSPS) is 12.0. The highest BCUT2D eigenvalue weighted by molar-refractivity contribution is 6.74. The van der Waals surface area contributed by atoms with Gasteiger partial charge in [0.1, 0.15) is 6.07 Å². The first-order valence-electron chi connectivity index (χ1n) is 6.77. The second kappa shape index (κ2) is 6.82. The number of nitriles is 1. The number of rotatable bonds is 6. The summed E-state index contributed by atoms with van der Waals surface area (Å²) in [6.45, 7) is 12.4. The summed E-state index contributed by atoms with van der Waals surface area (Å²) in [4.78, 5) is 0. The molecule has 0 fully saturated rings. The van der Waals surface area contributed by atoms with Gasteiger partial charge in [0.05, 0.1) is 6.61 Å². The lowest BCUT2D eigenvalue weighted by Gasteiger charge is -2.36. The minimum Gasteiger partial charge on any atom is -0.477 e. The van der Waals surface area contributed by atoms with Crippen LogP contribution in [-0.2, 0) is 4.43 Å². The summed E-state index contributed by atoms with van der Waals surface area (Å²) in [5.74, 6) is 0.441. The summed E-state index contributed by atoms with van der Waals surface area (Å²) in [7, 11) is -1.67. The fourth-order valence-electron chi connectivity index (χ4n) is 1.24. The lowest BCUT2D eigenvalue weighted by atomic mass is 10.2. The molecule has 0 bridgehead atoms. The Labute approximate surface area is 122 Å². The average Bonchev–Trinajstić information content (AvgIpc) is 2.37. The topological polar surface area (TPSA) is 68.0 Å². The van der Waals surface area contributed by atoms with E-state index in [2.05, 4.69) is 44.1 Å². The molecule has 1 heterocycles. The van der Waals surface area contributed by atoms with E-state index in [0.29, 0.717) is 24.8 Å². The molecule has 1 aromatic heterocycles. The highest BCUT2D eigenvalue weighted by Gasteiger charge is 2.36. The van der Waals surface area contributed by atoms with Gasteiger partial charge in [-0.1, -0.05) is 20.8 Å². The fourth-order valence-corrected chi connectivity index (χ4v) is 2.32. The summed E-state index contributed by atoms with van der Waals surface area (Å²) >= 11 is 0. The van der Waals surface area contributed by atoms with Gasteiger partial charge in [-0.3, -0.25) is 0 Å². The predicted molar refractivity (Wildman–Crippen MR) is 80.0 cm³/mol. The van der Waals surface area contributed by atoms with E-state index in [-0.39, 0.29) is 5.04 Å². The first-order chi connectivity index (χ1) is 9.26. The van der Waals surface area contributed by atoms with Gasteiger partial charge < -0.3 is 9.16 Å². The molecule has 110 valence electrons. The molecular weight excluding hydrogens is 270 g/mol. The van der Waals surface area contributed by atoms with Gasteiger partial charge in [-0.15, -0.1) is 10.2 Å². The van der Waals surface area contributed by atoms with Crippen LogP contribution in [0.25, 0.3) is 0 Å².